The third-order valence-corrected chi connectivity index (χ3v) is 5.48. The van der Waals surface area contributed by atoms with Crippen molar-refractivity contribution in [1.82, 2.24) is 9.88 Å². The topological polar surface area (TPSA) is 70.5 Å². The van der Waals surface area contributed by atoms with Crippen molar-refractivity contribution >= 4 is 23.2 Å². The average Bonchev–Trinajstić information content (AvgIpc) is 3.12. The Kier molecular flexibility index (Phi) is 3.93. The van der Waals surface area contributed by atoms with Gasteiger partial charge in [0.1, 0.15) is 9.88 Å². The van der Waals surface area contributed by atoms with E-state index in [9.17, 15) is 14.7 Å². The summed E-state index contributed by atoms with van der Waals surface area (Å²) in [4.78, 5) is 30.8. The van der Waals surface area contributed by atoms with E-state index in [1.165, 1.54) is 11.3 Å². The van der Waals surface area contributed by atoms with Gasteiger partial charge in [-0.25, -0.2) is 4.98 Å². The third kappa shape index (κ3) is 2.86. The Morgan fingerprint density at radius 1 is 1.30 bits per heavy atom. The number of hydrogen-bond acceptors (Lipinski definition) is 4. The zero-order valence-electron chi connectivity index (χ0n) is 13.1. The van der Waals surface area contributed by atoms with Gasteiger partial charge in [0.2, 0.25) is 0 Å². The summed E-state index contributed by atoms with van der Waals surface area (Å²) in [6, 6.07) is 9.74. The zero-order valence-corrected chi connectivity index (χ0v) is 13.9. The van der Waals surface area contributed by atoms with Crippen molar-refractivity contribution in [2.75, 3.05) is 13.1 Å². The molecule has 1 fully saturated rings. The maximum absolute atomic E-state index is 12.7. The molecule has 1 saturated heterocycles. The van der Waals surface area contributed by atoms with Crippen molar-refractivity contribution in [2.45, 2.75) is 20.3 Å². The van der Waals surface area contributed by atoms with Crippen LogP contribution >= 0.6 is 11.3 Å². The lowest BCUT2D eigenvalue weighted by Gasteiger charge is -2.19. The molecule has 0 bridgehead atoms. The molecule has 1 amide bonds. The Hall–Kier alpha value is -2.21. The van der Waals surface area contributed by atoms with E-state index in [4.69, 9.17) is 0 Å². The number of rotatable bonds is 3. The highest BCUT2D eigenvalue weighted by molar-refractivity contribution is 7.17. The van der Waals surface area contributed by atoms with Crippen LogP contribution in [0.1, 0.15) is 28.7 Å². The second-order valence-corrected chi connectivity index (χ2v) is 7.14. The molecule has 0 radical (unpaired) electrons. The van der Waals surface area contributed by atoms with Crippen LogP contribution in [0.5, 0.6) is 0 Å². The number of carbonyl (C=O) groups is 2. The molecule has 1 N–H and O–H groups in total. The van der Waals surface area contributed by atoms with Crippen LogP contribution < -0.4 is 0 Å². The lowest BCUT2D eigenvalue weighted by molar-refractivity contribution is -0.147. The Labute approximate surface area is 138 Å². The summed E-state index contributed by atoms with van der Waals surface area (Å²) in [6.07, 6.45) is 0.484. The lowest BCUT2D eigenvalue weighted by atomic mass is 9.90. The molecule has 0 spiro atoms. The van der Waals surface area contributed by atoms with Gasteiger partial charge < -0.3 is 10.0 Å². The first-order valence-corrected chi connectivity index (χ1v) is 8.28. The number of carbonyl (C=O) groups excluding carboxylic acids is 1. The van der Waals surface area contributed by atoms with Crippen LogP contribution in [-0.2, 0) is 4.79 Å². The van der Waals surface area contributed by atoms with Crippen LogP contribution in [0.15, 0.2) is 30.3 Å². The van der Waals surface area contributed by atoms with Crippen molar-refractivity contribution in [1.29, 1.82) is 0 Å². The number of benzene rings is 1. The minimum atomic E-state index is -0.851. The number of carboxylic acids is 1. The van der Waals surface area contributed by atoms with E-state index in [0.29, 0.717) is 23.5 Å². The minimum absolute atomic E-state index is 0.118. The molecule has 23 heavy (non-hydrogen) atoms. The number of amides is 1. The van der Waals surface area contributed by atoms with Crippen LogP contribution in [0.4, 0.5) is 0 Å². The van der Waals surface area contributed by atoms with E-state index in [2.05, 4.69) is 4.98 Å². The summed E-state index contributed by atoms with van der Waals surface area (Å²) >= 11 is 1.37. The monoisotopic (exact) mass is 330 g/mol. The highest BCUT2D eigenvalue weighted by Gasteiger charge is 2.42. The molecule has 0 unspecified atom stereocenters. The van der Waals surface area contributed by atoms with Gasteiger partial charge in [-0.1, -0.05) is 30.3 Å². The molecule has 5 nitrogen and oxygen atoms in total. The van der Waals surface area contributed by atoms with E-state index < -0.39 is 11.4 Å². The molecule has 2 aromatic rings. The summed E-state index contributed by atoms with van der Waals surface area (Å²) in [5.74, 6) is -0.967. The molecule has 1 atom stereocenters. The molecule has 1 aliphatic heterocycles. The third-order valence-electron chi connectivity index (χ3n) is 4.29. The van der Waals surface area contributed by atoms with Gasteiger partial charge in [-0.3, -0.25) is 9.59 Å². The number of nitrogens with zero attached hydrogens (tertiary/aromatic N) is 2. The van der Waals surface area contributed by atoms with Gasteiger partial charge in [-0.2, -0.15) is 0 Å². The van der Waals surface area contributed by atoms with Crippen LogP contribution in [0, 0.1) is 12.3 Å². The number of likely N-dealkylation sites (tertiary alicyclic amines) is 1. The fourth-order valence-corrected chi connectivity index (χ4v) is 3.79. The van der Waals surface area contributed by atoms with Gasteiger partial charge >= 0.3 is 5.97 Å². The fourth-order valence-electron chi connectivity index (χ4n) is 2.75. The quantitative estimate of drug-likeness (QED) is 0.939. The lowest BCUT2D eigenvalue weighted by Crippen LogP contribution is -2.34. The Morgan fingerprint density at radius 3 is 2.61 bits per heavy atom. The number of carboxylic acid groups (broad SMARTS) is 1. The SMILES string of the molecule is Cc1nc(-c2ccccc2)sc1C(=O)N1CC[C@@](C)(C(=O)O)C1. The summed E-state index contributed by atoms with van der Waals surface area (Å²) in [7, 11) is 0. The molecule has 0 saturated carbocycles. The molecule has 120 valence electrons. The van der Waals surface area contributed by atoms with E-state index in [1.54, 1.807) is 11.8 Å². The van der Waals surface area contributed by atoms with Crippen molar-refractivity contribution in [3.63, 3.8) is 0 Å². The first-order chi connectivity index (χ1) is 10.9. The summed E-state index contributed by atoms with van der Waals surface area (Å²) in [5, 5.41) is 10.1. The number of aromatic nitrogens is 1. The predicted octanol–water partition coefficient (Wildman–Crippen LogP) is 3.06. The second kappa shape index (κ2) is 5.77. The Morgan fingerprint density at radius 2 is 2.00 bits per heavy atom. The zero-order chi connectivity index (χ0) is 16.6. The molecule has 2 heterocycles. The van der Waals surface area contributed by atoms with Crippen LogP contribution in [-0.4, -0.2) is 40.0 Å². The normalized spacial score (nSPS) is 20.7. The number of aryl methyl sites for hydroxylation is 1. The van der Waals surface area contributed by atoms with Crippen molar-refractivity contribution in [2.24, 2.45) is 5.41 Å². The van der Waals surface area contributed by atoms with Gasteiger partial charge in [0, 0.05) is 18.7 Å². The molecule has 6 heteroatoms. The summed E-state index contributed by atoms with van der Waals surface area (Å²) in [6.45, 7) is 4.24. The van der Waals surface area contributed by atoms with E-state index >= 15 is 0 Å². The molecule has 1 aromatic heterocycles. The molecular formula is C17H18N2O3S. The molecule has 0 aliphatic carbocycles. The summed E-state index contributed by atoms with van der Waals surface area (Å²) in [5.41, 5.74) is 0.829. The first-order valence-electron chi connectivity index (χ1n) is 7.46. The second-order valence-electron chi connectivity index (χ2n) is 6.14. The minimum Gasteiger partial charge on any atom is -0.481 e. The molecule has 1 aliphatic rings. The average molecular weight is 330 g/mol. The van der Waals surface area contributed by atoms with Crippen molar-refractivity contribution in [3.05, 3.63) is 40.9 Å². The Bertz CT molecular complexity index is 756. The number of thiazole rings is 1. The first kappa shape index (κ1) is 15.7. The Balaban J connectivity index is 1.84. The van der Waals surface area contributed by atoms with Gasteiger partial charge in [-0.05, 0) is 20.3 Å². The van der Waals surface area contributed by atoms with Gasteiger partial charge in [0.05, 0.1) is 11.1 Å². The molecule has 3 rings (SSSR count). The largest absolute Gasteiger partial charge is 0.481 e. The number of aliphatic carboxylic acids is 1. The molecule has 1 aromatic carbocycles. The highest BCUT2D eigenvalue weighted by Crippen LogP contribution is 2.34. The maximum Gasteiger partial charge on any atom is 0.311 e. The smallest absolute Gasteiger partial charge is 0.311 e. The number of hydrogen-bond donors (Lipinski definition) is 1. The van der Waals surface area contributed by atoms with Crippen LogP contribution in [0.2, 0.25) is 0 Å². The maximum atomic E-state index is 12.7. The van der Waals surface area contributed by atoms with Gasteiger partial charge in [0.15, 0.2) is 0 Å². The van der Waals surface area contributed by atoms with Gasteiger partial charge in [0.25, 0.3) is 5.91 Å². The molecular weight excluding hydrogens is 312 g/mol. The van der Waals surface area contributed by atoms with Crippen molar-refractivity contribution in [3.8, 4) is 10.6 Å². The van der Waals surface area contributed by atoms with E-state index in [0.717, 1.165) is 10.6 Å². The van der Waals surface area contributed by atoms with Crippen LogP contribution in [0.25, 0.3) is 10.6 Å². The van der Waals surface area contributed by atoms with Crippen molar-refractivity contribution < 1.29 is 14.7 Å². The standard InChI is InChI=1S/C17H18N2O3S/c1-11-13(23-14(18-11)12-6-4-3-5-7-12)15(20)19-9-8-17(2,10-19)16(21)22/h3-7H,8-10H2,1-2H3,(H,21,22)/t17-/m1/s1. The fraction of sp³-hybridized carbons (Fsp3) is 0.353. The summed E-state index contributed by atoms with van der Waals surface area (Å²) < 4.78 is 0. The van der Waals surface area contributed by atoms with Crippen LogP contribution in [0.3, 0.4) is 0 Å². The van der Waals surface area contributed by atoms with E-state index in [-0.39, 0.29) is 12.5 Å². The predicted molar refractivity (Wildman–Crippen MR) is 88.6 cm³/mol. The van der Waals surface area contributed by atoms with E-state index in [1.807, 2.05) is 37.3 Å². The van der Waals surface area contributed by atoms with Gasteiger partial charge in [-0.15, -0.1) is 11.3 Å². The highest BCUT2D eigenvalue weighted by atomic mass is 32.1.